The minimum atomic E-state index is -0.485. The minimum absolute atomic E-state index is 0.0616. The van der Waals surface area contributed by atoms with E-state index in [9.17, 15) is 14.7 Å². The van der Waals surface area contributed by atoms with Gasteiger partial charge in [0.05, 0.1) is 44.8 Å². The van der Waals surface area contributed by atoms with Crippen LogP contribution in [0.5, 0.6) is 0 Å². The lowest BCUT2D eigenvalue weighted by Crippen LogP contribution is -2.52. The smallest absolute Gasteiger partial charge is 0.225 e. The SMILES string of the molecule is O=C(Cc1ccccc1)N[C@@H]1CC[C@@H](CC(=O)N2CCOCC2)O[C@H]1CO. The van der Waals surface area contributed by atoms with Crippen LogP contribution >= 0.6 is 0 Å². The maximum absolute atomic E-state index is 12.4. The molecule has 27 heavy (non-hydrogen) atoms. The van der Waals surface area contributed by atoms with Crippen LogP contribution in [0.3, 0.4) is 0 Å². The number of hydrogen-bond acceptors (Lipinski definition) is 5. The van der Waals surface area contributed by atoms with Crippen molar-refractivity contribution in [2.45, 2.75) is 43.9 Å². The molecule has 2 aliphatic heterocycles. The quantitative estimate of drug-likeness (QED) is 0.755. The molecule has 0 aliphatic carbocycles. The average molecular weight is 376 g/mol. The van der Waals surface area contributed by atoms with Gasteiger partial charge in [-0.1, -0.05) is 30.3 Å². The molecule has 2 saturated heterocycles. The third-order valence-corrected chi connectivity index (χ3v) is 5.12. The van der Waals surface area contributed by atoms with Crippen molar-refractivity contribution in [3.05, 3.63) is 35.9 Å². The molecule has 2 heterocycles. The topological polar surface area (TPSA) is 88.1 Å². The van der Waals surface area contributed by atoms with Gasteiger partial charge in [-0.15, -0.1) is 0 Å². The number of nitrogens with one attached hydrogen (secondary N) is 1. The first-order valence-corrected chi connectivity index (χ1v) is 9.61. The maximum atomic E-state index is 12.4. The first-order chi connectivity index (χ1) is 13.2. The highest BCUT2D eigenvalue weighted by Gasteiger charge is 2.33. The highest BCUT2D eigenvalue weighted by atomic mass is 16.5. The molecule has 7 heteroatoms. The van der Waals surface area contributed by atoms with E-state index in [0.29, 0.717) is 52.0 Å². The Labute approximate surface area is 159 Å². The van der Waals surface area contributed by atoms with Gasteiger partial charge in [-0.2, -0.15) is 0 Å². The normalized spacial score (nSPS) is 25.8. The number of carbonyl (C=O) groups is 2. The summed E-state index contributed by atoms with van der Waals surface area (Å²) >= 11 is 0. The van der Waals surface area contributed by atoms with Gasteiger partial charge in [0.1, 0.15) is 6.10 Å². The summed E-state index contributed by atoms with van der Waals surface area (Å²) in [5, 5.41) is 12.6. The van der Waals surface area contributed by atoms with Crippen LogP contribution in [-0.2, 0) is 25.5 Å². The van der Waals surface area contributed by atoms with Crippen molar-refractivity contribution in [1.82, 2.24) is 10.2 Å². The van der Waals surface area contributed by atoms with E-state index in [1.807, 2.05) is 30.3 Å². The highest BCUT2D eigenvalue weighted by molar-refractivity contribution is 5.79. The van der Waals surface area contributed by atoms with Gasteiger partial charge >= 0.3 is 0 Å². The molecule has 0 aromatic heterocycles. The van der Waals surface area contributed by atoms with Crippen molar-refractivity contribution in [3.63, 3.8) is 0 Å². The molecule has 2 aliphatic rings. The summed E-state index contributed by atoms with van der Waals surface area (Å²) in [4.78, 5) is 26.5. The van der Waals surface area contributed by atoms with E-state index < -0.39 is 6.10 Å². The molecule has 0 spiro atoms. The summed E-state index contributed by atoms with van der Waals surface area (Å²) in [6.07, 6.45) is 1.27. The second-order valence-corrected chi connectivity index (χ2v) is 7.09. The largest absolute Gasteiger partial charge is 0.394 e. The Hall–Kier alpha value is -1.96. The van der Waals surface area contributed by atoms with Crippen LogP contribution in [0.4, 0.5) is 0 Å². The Kier molecular flexibility index (Phi) is 7.20. The van der Waals surface area contributed by atoms with Crippen molar-refractivity contribution in [1.29, 1.82) is 0 Å². The molecule has 0 radical (unpaired) electrons. The molecule has 2 amide bonds. The Balaban J connectivity index is 1.47. The zero-order valence-electron chi connectivity index (χ0n) is 15.5. The van der Waals surface area contributed by atoms with Crippen LogP contribution in [0.2, 0.25) is 0 Å². The fourth-order valence-electron chi connectivity index (χ4n) is 3.62. The van der Waals surface area contributed by atoms with Crippen molar-refractivity contribution in [2.24, 2.45) is 0 Å². The number of nitrogens with zero attached hydrogens (tertiary/aromatic N) is 1. The predicted molar refractivity (Wildman–Crippen MR) is 99.1 cm³/mol. The molecular formula is C20H28N2O5. The first kappa shape index (κ1) is 19.8. The van der Waals surface area contributed by atoms with E-state index in [2.05, 4.69) is 5.32 Å². The fraction of sp³-hybridized carbons (Fsp3) is 0.600. The number of ether oxygens (including phenoxy) is 2. The van der Waals surface area contributed by atoms with Crippen LogP contribution < -0.4 is 5.32 Å². The fourth-order valence-corrected chi connectivity index (χ4v) is 3.62. The number of aliphatic hydroxyl groups excluding tert-OH is 1. The molecule has 148 valence electrons. The monoisotopic (exact) mass is 376 g/mol. The van der Waals surface area contributed by atoms with E-state index in [0.717, 1.165) is 5.56 Å². The molecule has 1 aromatic rings. The third-order valence-electron chi connectivity index (χ3n) is 5.12. The zero-order valence-corrected chi connectivity index (χ0v) is 15.5. The van der Waals surface area contributed by atoms with E-state index in [1.54, 1.807) is 4.90 Å². The lowest BCUT2D eigenvalue weighted by molar-refractivity contribution is -0.145. The highest BCUT2D eigenvalue weighted by Crippen LogP contribution is 2.23. The standard InChI is InChI=1S/C20H28N2O5/c23-14-18-17(21-19(24)12-15-4-2-1-3-5-15)7-6-16(27-18)13-20(25)22-8-10-26-11-9-22/h1-5,16-18,23H,6-14H2,(H,21,24)/t16-,17+,18-/m0/s1. The molecule has 7 nitrogen and oxygen atoms in total. The van der Waals surface area contributed by atoms with Gasteiger partial charge in [-0.3, -0.25) is 9.59 Å². The molecule has 3 atom stereocenters. The Morgan fingerprint density at radius 1 is 1.15 bits per heavy atom. The van der Waals surface area contributed by atoms with E-state index in [-0.39, 0.29) is 30.6 Å². The minimum Gasteiger partial charge on any atom is -0.394 e. The molecular weight excluding hydrogens is 348 g/mol. The molecule has 0 saturated carbocycles. The number of rotatable bonds is 6. The van der Waals surface area contributed by atoms with Crippen LogP contribution in [0.15, 0.2) is 30.3 Å². The maximum Gasteiger partial charge on any atom is 0.225 e. The summed E-state index contributed by atoms with van der Waals surface area (Å²) in [6, 6.07) is 9.30. The Bertz CT molecular complexity index is 618. The van der Waals surface area contributed by atoms with E-state index in [4.69, 9.17) is 9.47 Å². The number of morpholine rings is 1. The molecule has 2 fully saturated rings. The molecule has 2 N–H and O–H groups in total. The van der Waals surface area contributed by atoms with Gasteiger partial charge in [0.25, 0.3) is 0 Å². The number of carbonyl (C=O) groups excluding carboxylic acids is 2. The van der Waals surface area contributed by atoms with Gasteiger partial charge in [0.2, 0.25) is 11.8 Å². The molecule has 0 unspecified atom stereocenters. The van der Waals surface area contributed by atoms with Gasteiger partial charge in [-0.25, -0.2) is 0 Å². The van der Waals surface area contributed by atoms with Gasteiger partial charge in [0.15, 0.2) is 0 Å². The lowest BCUT2D eigenvalue weighted by atomic mass is 9.96. The van der Waals surface area contributed by atoms with Crippen LogP contribution in [-0.4, -0.2) is 73.0 Å². The summed E-state index contributed by atoms with van der Waals surface area (Å²) in [7, 11) is 0. The summed E-state index contributed by atoms with van der Waals surface area (Å²) in [5.41, 5.74) is 0.946. The summed E-state index contributed by atoms with van der Waals surface area (Å²) in [6.45, 7) is 2.21. The van der Waals surface area contributed by atoms with Gasteiger partial charge in [-0.05, 0) is 18.4 Å². The zero-order chi connectivity index (χ0) is 19.1. The Morgan fingerprint density at radius 3 is 2.59 bits per heavy atom. The van der Waals surface area contributed by atoms with E-state index >= 15 is 0 Å². The summed E-state index contributed by atoms with van der Waals surface area (Å²) < 4.78 is 11.2. The average Bonchev–Trinajstić information content (AvgIpc) is 2.70. The third kappa shape index (κ3) is 5.76. The first-order valence-electron chi connectivity index (χ1n) is 9.61. The molecule has 0 bridgehead atoms. The van der Waals surface area contributed by atoms with Crippen LogP contribution in [0, 0.1) is 0 Å². The summed E-state index contributed by atoms with van der Waals surface area (Å²) in [5.74, 6) is -0.0253. The number of aliphatic hydroxyl groups is 1. The predicted octanol–water partition coefficient (Wildman–Crippen LogP) is 0.503. The van der Waals surface area contributed by atoms with Gasteiger partial charge < -0.3 is 24.8 Å². The van der Waals surface area contributed by atoms with E-state index in [1.165, 1.54) is 0 Å². The lowest BCUT2D eigenvalue weighted by Gasteiger charge is -2.37. The number of hydrogen-bond donors (Lipinski definition) is 2. The van der Waals surface area contributed by atoms with Crippen molar-refractivity contribution in [3.8, 4) is 0 Å². The second kappa shape index (κ2) is 9.82. The van der Waals surface area contributed by atoms with Crippen molar-refractivity contribution < 1.29 is 24.2 Å². The number of benzene rings is 1. The molecule has 1 aromatic carbocycles. The van der Waals surface area contributed by atoms with Crippen LogP contribution in [0.25, 0.3) is 0 Å². The van der Waals surface area contributed by atoms with Crippen LogP contribution in [0.1, 0.15) is 24.8 Å². The molecule has 3 rings (SSSR count). The Morgan fingerprint density at radius 2 is 1.89 bits per heavy atom. The number of amides is 2. The van der Waals surface area contributed by atoms with Crippen molar-refractivity contribution in [2.75, 3.05) is 32.9 Å². The van der Waals surface area contributed by atoms with Crippen molar-refractivity contribution >= 4 is 11.8 Å². The second-order valence-electron chi connectivity index (χ2n) is 7.09. The van der Waals surface area contributed by atoms with Gasteiger partial charge in [0, 0.05) is 13.1 Å².